The standard InChI is InChI=1S/C11H19N3O4S/c1-12-10-4-5-13-7-11(10)19(15,16)14-6-9(18-3)8-17-2/h4-5,7,9,14H,6,8H2,1-3H3,(H,12,13). The molecule has 1 heterocycles. The SMILES string of the molecule is CNc1ccncc1S(=O)(=O)NCC(COC)OC. The number of methoxy groups -OCH3 is 2. The molecule has 1 unspecified atom stereocenters. The molecule has 2 N–H and O–H groups in total. The molecule has 108 valence electrons. The predicted molar refractivity (Wildman–Crippen MR) is 71.6 cm³/mol. The maximum Gasteiger partial charge on any atom is 0.244 e. The third kappa shape index (κ3) is 4.43. The summed E-state index contributed by atoms with van der Waals surface area (Å²) < 4.78 is 36.8. The first kappa shape index (κ1) is 15.8. The minimum Gasteiger partial charge on any atom is -0.387 e. The number of hydrogen-bond donors (Lipinski definition) is 2. The van der Waals surface area contributed by atoms with Crippen molar-refractivity contribution in [3.63, 3.8) is 0 Å². The first-order chi connectivity index (χ1) is 9.05. The van der Waals surface area contributed by atoms with Crippen molar-refractivity contribution in [1.82, 2.24) is 9.71 Å². The molecule has 0 fully saturated rings. The zero-order chi connectivity index (χ0) is 14.3. The fourth-order valence-electron chi connectivity index (χ4n) is 1.48. The highest BCUT2D eigenvalue weighted by Gasteiger charge is 2.20. The van der Waals surface area contributed by atoms with Gasteiger partial charge >= 0.3 is 0 Å². The number of pyridine rings is 1. The van der Waals surface area contributed by atoms with Crippen molar-refractivity contribution in [2.45, 2.75) is 11.0 Å². The number of anilines is 1. The molecule has 0 aliphatic heterocycles. The monoisotopic (exact) mass is 289 g/mol. The number of ether oxygens (including phenoxy) is 2. The van der Waals surface area contributed by atoms with Gasteiger partial charge in [0.25, 0.3) is 0 Å². The fourth-order valence-corrected chi connectivity index (χ4v) is 2.70. The van der Waals surface area contributed by atoms with Crippen molar-refractivity contribution in [2.24, 2.45) is 0 Å². The molecule has 0 spiro atoms. The molecule has 0 bridgehead atoms. The lowest BCUT2D eigenvalue weighted by Crippen LogP contribution is -2.35. The normalized spacial score (nSPS) is 13.2. The van der Waals surface area contributed by atoms with E-state index >= 15 is 0 Å². The minimum absolute atomic E-state index is 0.102. The summed E-state index contributed by atoms with van der Waals surface area (Å²) in [5.74, 6) is 0. The van der Waals surface area contributed by atoms with Crippen molar-refractivity contribution < 1.29 is 17.9 Å². The van der Waals surface area contributed by atoms with E-state index < -0.39 is 10.0 Å². The molecule has 0 radical (unpaired) electrons. The molecular formula is C11H19N3O4S. The molecule has 1 aromatic heterocycles. The topological polar surface area (TPSA) is 89.6 Å². The zero-order valence-electron chi connectivity index (χ0n) is 11.2. The number of nitrogens with zero attached hydrogens (tertiary/aromatic N) is 1. The molecule has 7 nitrogen and oxygen atoms in total. The van der Waals surface area contributed by atoms with E-state index in [9.17, 15) is 8.42 Å². The Morgan fingerprint density at radius 1 is 1.42 bits per heavy atom. The van der Waals surface area contributed by atoms with E-state index in [1.165, 1.54) is 26.6 Å². The van der Waals surface area contributed by atoms with Gasteiger partial charge in [0.05, 0.1) is 18.4 Å². The van der Waals surface area contributed by atoms with Gasteiger partial charge in [-0.3, -0.25) is 4.98 Å². The predicted octanol–water partition coefficient (Wildman–Crippen LogP) is 0.0630. The Morgan fingerprint density at radius 2 is 2.16 bits per heavy atom. The average Bonchev–Trinajstić information content (AvgIpc) is 2.43. The molecular weight excluding hydrogens is 270 g/mol. The largest absolute Gasteiger partial charge is 0.387 e. The second-order valence-electron chi connectivity index (χ2n) is 3.79. The first-order valence-corrected chi connectivity index (χ1v) is 7.16. The van der Waals surface area contributed by atoms with Crippen molar-refractivity contribution >= 4 is 15.7 Å². The molecule has 1 aromatic rings. The maximum atomic E-state index is 12.1. The summed E-state index contributed by atoms with van der Waals surface area (Å²) in [4.78, 5) is 3.93. The van der Waals surface area contributed by atoms with E-state index in [0.29, 0.717) is 12.3 Å². The van der Waals surface area contributed by atoms with E-state index in [0.717, 1.165) is 0 Å². The van der Waals surface area contributed by atoms with Crippen LogP contribution in [0.4, 0.5) is 5.69 Å². The van der Waals surface area contributed by atoms with E-state index in [-0.39, 0.29) is 17.5 Å². The van der Waals surface area contributed by atoms with Gasteiger partial charge in [-0.15, -0.1) is 0 Å². The molecule has 1 atom stereocenters. The number of rotatable bonds is 8. The summed E-state index contributed by atoms with van der Waals surface area (Å²) in [6, 6.07) is 1.59. The Morgan fingerprint density at radius 3 is 2.74 bits per heavy atom. The van der Waals surface area contributed by atoms with E-state index in [4.69, 9.17) is 9.47 Å². The third-order valence-electron chi connectivity index (χ3n) is 2.53. The van der Waals surface area contributed by atoms with Crippen molar-refractivity contribution in [1.29, 1.82) is 0 Å². The number of sulfonamides is 1. The van der Waals surface area contributed by atoms with Crippen LogP contribution in [0.1, 0.15) is 0 Å². The van der Waals surface area contributed by atoms with Gasteiger partial charge in [0.15, 0.2) is 0 Å². The Labute approximate surface area is 113 Å². The minimum atomic E-state index is -3.64. The van der Waals surface area contributed by atoms with Crippen LogP contribution in [-0.2, 0) is 19.5 Å². The van der Waals surface area contributed by atoms with Crippen LogP contribution < -0.4 is 10.0 Å². The summed E-state index contributed by atoms with van der Waals surface area (Å²) in [6.45, 7) is 0.440. The Bertz CT molecular complexity index is 492. The highest BCUT2D eigenvalue weighted by molar-refractivity contribution is 7.89. The molecule has 19 heavy (non-hydrogen) atoms. The van der Waals surface area contributed by atoms with Crippen molar-refractivity contribution in [3.05, 3.63) is 18.5 Å². The molecule has 0 amide bonds. The number of hydrogen-bond acceptors (Lipinski definition) is 6. The lowest BCUT2D eigenvalue weighted by molar-refractivity contribution is 0.0320. The van der Waals surface area contributed by atoms with Gasteiger partial charge in [0, 0.05) is 40.2 Å². The van der Waals surface area contributed by atoms with Crippen LogP contribution in [-0.4, -0.2) is 53.9 Å². The van der Waals surface area contributed by atoms with Crippen molar-refractivity contribution in [2.75, 3.05) is 39.7 Å². The van der Waals surface area contributed by atoms with Gasteiger partial charge in [-0.2, -0.15) is 0 Å². The maximum absolute atomic E-state index is 12.1. The van der Waals surface area contributed by atoms with Crippen LogP contribution in [0.25, 0.3) is 0 Å². The van der Waals surface area contributed by atoms with Gasteiger partial charge in [0.1, 0.15) is 4.90 Å². The summed E-state index contributed by atoms with van der Waals surface area (Å²) in [7, 11) is 1.04. The summed E-state index contributed by atoms with van der Waals surface area (Å²) in [5.41, 5.74) is 0.489. The fraction of sp³-hybridized carbons (Fsp3) is 0.545. The zero-order valence-corrected chi connectivity index (χ0v) is 12.0. The highest BCUT2D eigenvalue weighted by atomic mass is 32.2. The quantitative estimate of drug-likeness (QED) is 0.703. The van der Waals surface area contributed by atoms with E-state index in [1.807, 2.05) is 0 Å². The summed E-state index contributed by atoms with van der Waals surface area (Å²) in [5, 5.41) is 2.81. The summed E-state index contributed by atoms with van der Waals surface area (Å²) >= 11 is 0. The lowest BCUT2D eigenvalue weighted by atomic mass is 10.4. The van der Waals surface area contributed by atoms with Gasteiger partial charge < -0.3 is 14.8 Å². The van der Waals surface area contributed by atoms with Gasteiger partial charge in [-0.05, 0) is 6.07 Å². The van der Waals surface area contributed by atoms with E-state index in [1.54, 1.807) is 13.1 Å². The second-order valence-corrected chi connectivity index (χ2v) is 5.52. The van der Waals surface area contributed by atoms with Crippen LogP contribution in [0, 0.1) is 0 Å². The molecule has 0 saturated carbocycles. The molecule has 0 aliphatic carbocycles. The van der Waals surface area contributed by atoms with Gasteiger partial charge in [-0.1, -0.05) is 0 Å². The third-order valence-corrected chi connectivity index (χ3v) is 3.98. The van der Waals surface area contributed by atoms with Crippen LogP contribution in [0.5, 0.6) is 0 Å². The molecule has 0 aromatic carbocycles. The lowest BCUT2D eigenvalue weighted by Gasteiger charge is -2.16. The smallest absolute Gasteiger partial charge is 0.244 e. The van der Waals surface area contributed by atoms with Crippen LogP contribution in [0.3, 0.4) is 0 Å². The van der Waals surface area contributed by atoms with Gasteiger partial charge in [-0.25, -0.2) is 13.1 Å². The molecule has 8 heteroatoms. The Hall–Kier alpha value is -1.22. The van der Waals surface area contributed by atoms with E-state index in [2.05, 4.69) is 15.0 Å². The summed E-state index contributed by atoms with van der Waals surface area (Å²) in [6.07, 6.45) is 2.48. The van der Waals surface area contributed by atoms with Crippen molar-refractivity contribution in [3.8, 4) is 0 Å². The molecule has 0 saturated heterocycles. The second kappa shape index (κ2) is 7.39. The first-order valence-electron chi connectivity index (χ1n) is 5.68. The number of aromatic nitrogens is 1. The van der Waals surface area contributed by atoms with Crippen LogP contribution >= 0.6 is 0 Å². The van der Waals surface area contributed by atoms with Crippen LogP contribution in [0.2, 0.25) is 0 Å². The molecule has 0 aliphatic rings. The molecule has 1 rings (SSSR count). The Balaban J connectivity index is 2.81. The average molecular weight is 289 g/mol. The Kier molecular flexibility index (Phi) is 6.16. The van der Waals surface area contributed by atoms with Crippen LogP contribution in [0.15, 0.2) is 23.4 Å². The van der Waals surface area contributed by atoms with Gasteiger partial charge in [0.2, 0.25) is 10.0 Å². The number of nitrogens with one attached hydrogen (secondary N) is 2. The highest BCUT2D eigenvalue weighted by Crippen LogP contribution is 2.18.